The molecule has 0 spiro atoms. The predicted octanol–water partition coefficient (Wildman–Crippen LogP) is 2.97. The van der Waals surface area contributed by atoms with Gasteiger partial charge >= 0.3 is 0 Å². The highest BCUT2D eigenvalue weighted by Gasteiger charge is 2.15. The number of thioether (sulfide) groups is 1. The highest BCUT2D eigenvalue weighted by molar-refractivity contribution is 14.0. The van der Waals surface area contributed by atoms with Crippen molar-refractivity contribution in [2.45, 2.75) is 31.6 Å². The van der Waals surface area contributed by atoms with Crippen LogP contribution in [-0.4, -0.2) is 42.3 Å². The molecule has 1 aliphatic rings. The molecule has 2 rings (SSSR count). The Kier molecular flexibility index (Phi) is 9.54. The van der Waals surface area contributed by atoms with Crippen LogP contribution in [0.2, 0.25) is 0 Å². The summed E-state index contributed by atoms with van der Waals surface area (Å²) in [5.41, 5.74) is 0.756. The highest BCUT2D eigenvalue weighted by Crippen LogP contribution is 2.29. The van der Waals surface area contributed by atoms with Crippen LogP contribution in [0.3, 0.4) is 0 Å². The summed E-state index contributed by atoms with van der Waals surface area (Å²) in [6.07, 6.45) is 2.58. The van der Waals surface area contributed by atoms with Gasteiger partial charge < -0.3 is 20.5 Å². The van der Waals surface area contributed by atoms with Gasteiger partial charge in [-0.05, 0) is 31.6 Å². The first-order chi connectivity index (χ1) is 10.7. The number of phenols is 1. The number of aliphatic imine (C=N–C) groups is 1. The molecule has 0 amide bonds. The van der Waals surface area contributed by atoms with Crippen molar-refractivity contribution in [2.24, 2.45) is 4.99 Å². The van der Waals surface area contributed by atoms with E-state index < -0.39 is 0 Å². The van der Waals surface area contributed by atoms with Gasteiger partial charge in [0.15, 0.2) is 17.5 Å². The van der Waals surface area contributed by atoms with E-state index in [1.54, 1.807) is 13.2 Å². The summed E-state index contributed by atoms with van der Waals surface area (Å²) in [6, 6.07) is 5.46. The number of benzene rings is 1. The van der Waals surface area contributed by atoms with Crippen LogP contribution in [0, 0.1) is 0 Å². The first-order valence-corrected chi connectivity index (χ1v) is 8.78. The Labute approximate surface area is 159 Å². The van der Waals surface area contributed by atoms with E-state index in [0.29, 0.717) is 17.5 Å². The standard InChI is InChI=1S/C16H25N3O2S.HI/c1-3-17-16(19-11-13-7-5-9-22-13)18-10-12-6-4-8-14(21-2)15(12)20;/h4,6,8,13,20H,3,5,7,9-11H2,1-2H3,(H2,17,18,19);1H. The average molecular weight is 451 g/mol. The van der Waals surface area contributed by atoms with E-state index in [4.69, 9.17) is 4.74 Å². The third-order valence-electron chi connectivity index (χ3n) is 3.58. The molecule has 0 aliphatic carbocycles. The summed E-state index contributed by atoms with van der Waals surface area (Å²) in [4.78, 5) is 4.55. The van der Waals surface area contributed by atoms with E-state index in [-0.39, 0.29) is 29.7 Å². The summed E-state index contributed by atoms with van der Waals surface area (Å²) < 4.78 is 5.12. The molecule has 130 valence electrons. The van der Waals surface area contributed by atoms with Gasteiger partial charge in [-0.15, -0.1) is 24.0 Å². The summed E-state index contributed by atoms with van der Waals surface area (Å²) in [6.45, 7) is 4.20. The van der Waals surface area contributed by atoms with E-state index in [9.17, 15) is 5.11 Å². The van der Waals surface area contributed by atoms with E-state index in [0.717, 1.165) is 24.6 Å². The highest BCUT2D eigenvalue weighted by atomic mass is 127. The molecule has 5 nitrogen and oxygen atoms in total. The Morgan fingerprint density at radius 1 is 1.43 bits per heavy atom. The molecule has 1 aliphatic heterocycles. The Morgan fingerprint density at radius 2 is 2.26 bits per heavy atom. The van der Waals surface area contributed by atoms with Crippen LogP contribution in [0.4, 0.5) is 0 Å². The van der Waals surface area contributed by atoms with Gasteiger partial charge in [0.05, 0.1) is 13.7 Å². The van der Waals surface area contributed by atoms with Crippen LogP contribution in [0.25, 0.3) is 0 Å². The lowest BCUT2D eigenvalue weighted by Crippen LogP contribution is -2.40. The second-order valence-corrected chi connectivity index (χ2v) is 6.59. The lowest BCUT2D eigenvalue weighted by atomic mass is 10.2. The van der Waals surface area contributed by atoms with Crippen molar-refractivity contribution in [3.8, 4) is 11.5 Å². The average Bonchev–Trinajstić information content (AvgIpc) is 3.04. The van der Waals surface area contributed by atoms with Gasteiger partial charge in [-0.1, -0.05) is 12.1 Å². The molecule has 0 radical (unpaired) electrons. The molecule has 1 aromatic carbocycles. The quantitative estimate of drug-likeness (QED) is 0.353. The molecule has 1 saturated heterocycles. The van der Waals surface area contributed by atoms with Crippen molar-refractivity contribution in [2.75, 3.05) is 26.0 Å². The number of guanidine groups is 1. The minimum atomic E-state index is 0. The van der Waals surface area contributed by atoms with E-state index >= 15 is 0 Å². The molecule has 3 N–H and O–H groups in total. The Morgan fingerprint density at radius 3 is 2.91 bits per heavy atom. The van der Waals surface area contributed by atoms with Gasteiger partial charge in [0.1, 0.15) is 0 Å². The van der Waals surface area contributed by atoms with Crippen LogP contribution in [0.5, 0.6) is 11.5 Å². The van der Waals surface area contributed by atoms with Crippen LogP contribution in [-0.2, 0) is 6.54 Å². The second kappa shape index (κ2) is 10.9. The van der Waals surface area contributed by atoms with Crippen LogP contribution in [0.1, 0.15) is 25.3 Å². The number of rotatable bonds is 6. The maximum atomic E-state index is 10.1. The van der Waals surface area contributed by atoms with Crippen molar-refractivity contribution in [1.82, 2.24) is 10.6 Å². The Balaban J connectivity index is 0.00000264. The molecule has 1 atom stereocenters. The monoisotopic (exact) mass is 451 g/mol. The lowest BCUT2D eigenvalue weighted by Gasteiger charge is -2.14. The summed E-state index contributed by atoms with van der Waals surface area (Å²) in [5, 5.41) is 17.4. The summed E-state index contributed by atoms with van der Waals surface area (Å²) in [7, 11) is 1.55. The Hall–Kier alpha value is -0.830. The first kappa shape index (κ1) is 20.2. The van der Waals surface area contributed by atoms with Gasteiger partial charge in [0, 0.05) is 23.9 Å². The molecule has 0 aromatic heterocycles. The number of phenolic OH excluding ortho intramolecular Hbond substituents is 1. The molecule has 0 saturated carbocycles. The van der Waals surface area contributed by atoms with Gasteiger partial charge in [-0.25, -0.2) is 4.99 Å². The third-order valence-corrected chi connectivity index (χ3v) is 4.97. The summed E-state index contributed by atoms with van der Waals surface area (Å²) >= 11 is 2.02. The largest absolute Gasteiger partial charge is 0.504 e. The van der Waals surface area contributed by atoms with E-state index in [2.05, 4.69) is 15.6 Å². The SMILES string of the molecule is CCNC(=NCc1cccc(OC)c1O)NCC1CCCS1.I. The topological polar surface area (TPSA) is 65.9 Å². The van der Waals surface area contributed by atoms with Crippen LogP contribution < -0.4 is 15.4 Å². The number of halogens is 1. The minimum absolute atomic E-state index is 0. The van der Waals surface area contributed by atoms with Crippen LogP contribution in [0.15, 0.2) is 23.2 Å². The maximum Gasteiger partial charge on any atom is 0.191 e. The lowest BCUT2D eigenvalue weighted by molar-refractivity contribution is 0.370. The number of hydrogen-bond acceptors (Lipinski definition) is 4. The Bertz CT molecular complexity index is 508. The molecule has 7 heteroatoms. The van der Waals surface area contributed by atoms with Gasteiger partial charge in [0.2, 0.25) is 0 Å². The zero-order chi connectivity index (χ0) is 15.8. The number of nitrogens with zero attached hydrogens (tertiary/aromatic N) is 1. The fraction of sp³-hybridized carbons (Fsp3) is 0.562. The zero-order valence-corrected chi connectivity index (χ0v) is 16.8. The number of hydrogen-bond donors (Lipinski definition) is 3. The van der Waals surface area contributed by atoms with Crippen molar-refractivity contribution >= 4 is 41.7 Å². The number of para-hydroxylation sites is 1. The van der Waals surface area contributed by atoms with Crippen molar-refractivity contribution in [3.05, 3.63) is 23.8 Å². The normalized spacial score (nSPS) is 17.5. The molecular formula is C16H26IN3O2S. The molecule has 1 aromatic rings. The fourth-order valence-electron chi connectivity index (χ4n) is 2.38. The molecule has 1 fully saturated rings. The number of ether oxygens (including phenoxy) is 1. The van der Waals surface area contributed by atoms with Gasteiger partial charge in [0.25, 0.3) is 0 Å². The van der Waals surface area contributed by atoms with E-state index in [1.165, 1.54) is 18.6 Å². The van der Waals surface area contributed by atoms with E-state index in [1.807, 2.05) is 30.8 Å². The molecule has 1 unspecified atom stereocenters. The molecule has 0 bridgehead atoms. The van der Waals surface area contributed by atoms with Gasteiger partial charge in [-0.2, -0.15) is 11.8 Å². The smallest absolute Gasteiger partial charge is 0.191 e. The van der Waals surface area contributed by atoms with Crippen LogP contribution >= 0.6 is 35.7 Å². The van der Waals surface area contributed by atoms with Crippen molar-refractivity contribution < 1.29 is 9.84 Å². The predicted molar refractivity (Wildman–Crippen MR) is 108 cm³/mol. The van der Waals surface area contributed by atoms with Gasteiger partial charge in [-0.3, -0.25) is 0 Å². The minimum Gasteiger partial charge on any atom is -0.504 e. The fourth-order valence-corrected chi connectivity index (χ4v) is 3.58. The molecule has 1 heterocycles. The summed E-state index contributed by atoms with van der Waals surface area (Å²) in [5.74, 6) is 2.69. The van der Waals surface area contributed by atoms with Crippen molar-refractivity contribution in [1.29, 1.82) is 0 Å². The number of methoxy groups -OCH3 is 1. The molecular weight excluding hydrogens is 425 g/mol. The zero-order valence-electron chi connectivity index (χ0n) is 13.7. The number of aromatic hydroxyl groups is 1. The maximum absolute atomic E-state index is 10.1. The number of nitrogens with one attached hydrogen (secondary N) is 2. The van der Waals surface area contributed by atoms with Crippen molar-refractivity contribution in [3.63, 3.8) is 0 Å². The third kappa shape index (κ3) is 6.29. The molecule has 23 heavy (non-hydrogen) atoms. The first-order valence-electron chi connectivity index (χ1n) is 7.73. The second-order valence-electron chi connectivity index (χ2n) is 5.18.